The molecule has 0 radical (unpaired) electrons. The number of hydrogen-bond acceptors (Lipinski definition) is 4. The van der Waals surface area contributed by atoms with Crippen molar-refractivity contribution in [2.24, 2.45) is 17.8 Å². The molecule has 6 rings (SSSR count). The van der Waals surface area contributed by atoms with Crippen molar-refractivity contribution in [3.05, 3.63) is 83.4 Å². The van der Waals surface area contributed by atoms with Gasteiger partial charge in [-0.15, -0.1) is 5.10 Å². The van der Waals surface area contributed by atoms with Gasteiger partial charge in [0.05, 0.1) is 0 Å². The highest BCUT2D eigenvalue weighted by molar-refractivity contribution is 5.77. The number of aromatic nitrogens is 4. The Labute approximate surface area is 201 Å². The Morgan fingerprint density at radius 1 is 0.912 bits per heavy atom. The van der Waals surface area contributed by atoms with Crippen LogP contribution in [0.1, 0.15) is 73.5 Å². The first-order chi connectivity index (χ1) is 16.8. The lowest BCUT2D eigenvalue weighted by Crippen LogP contribution is -2.24. The molecule has 5 heteroatoms. The van der Waals surface area contributed by atoms with Gasteiger partial charge in [0.25, 0.3) is 0 Å². The average Bonchev–Trinajstić information content (AvgIpc) is 3.44. The van der Waals surface area contributed by atoms with E-state index in [1.807, 2.05) is 6.07 Å². The molecule has 4 aromatic rings. The van der Waals surface area contributed by atoms with E-state index >= 15 is 0 Å². The molecule has 34 heavy (non-hydrogen) atoms. The van der Waals surface area contributed by atoms with E-state index in [-0.39, 0.29) is 5.92 Å². The van der Waals surface area contributed by atoms with Crippen molar-refractivity contribution in [2.45, 2.75) is 56.8 Å². The minimum absolute atomic E-state index is 0.247. The molecule has 2 bridgehead atoms. The van der Waals surface area contributed by atoms with Gasteiger partial charge in [-0.25, -0.2) is 4.98 Å². The Bertz CT molecular complexity index is 1220. The van der Waals surface area contributed by atoms with Crippen LogP contribution in [0.4, 0.5) is 5.82 Å². The van der Waals surface area contributed by atoms with Crippen LogP contribution in [0.3, 0.4) is 0 Å². The number of fused-ring (bicyclic) bond motifs is 3. The zero-order chi connectivity index (χ0) is 22.9. The molecule has 0 saturated heterocycles. The number of hydrogen-bond donors (Lipinski definition) is 2. The molecule has 2 aromatic heterocycles. The van der Waals surface area contributed by atoms with Gasteiger partial charge in [0, 0.05) is 5.92 Å². The third-order valence-electron chi connectivity index (χ3n) is 8.40. The molecule has 5 nitrogen and oxygen atoms in total. The van der Waals surface area contributed by atoms with E-state index in [1.165, 1.54) is 44.1 Å². The van der Waals surface area contributed by atoms with Crippen LogP contribution in [0.2, 0.25) is 0 Å². The lowest BCUT2D eigenvalue weighted by Gasteiger charge is -2.36. The lowest BCUT2D eigenvalue weighted by atomic mass is 9.69. The lowest BCUT2D eigenvalue weighted by molar-refractivity contribution is 0.210. The van der Waals surface area contributed by atoms with E-state index in [4.69, 9.17) is 5.73 Å². The summed E-state index contributed by atoms with van der Waals surface area (Å²) in [6.45, 7) is 0. The monoisotopic (exact) mass is 451 g/mol. The minimum atomic E-state index is 0.247. The molecule has 2 aromatic carbocycles. The Balaban J connectivity index is 1.17. The fourth-order valence-corrected chi connectivity index (χ4v) is 7.05. The highest BCUT2D eigenvalue weighted by Crippen LogP contribution is 2.54. The number of rotatable bonds is 7. The molecule has 2 heterocycles. The molecule has 174 valence electrons. The predicted octanol–water partition coefficient (Wildman–Crippen LogP) is 6.46. The van der Waals surface area contributed by atoms with Crippen molar-refractivity contribution in [1.82, 2.24) is 20.4 Å². The van der Waals surface area contributed by atoms with Crippen LogP contribution in [0.25, 0.3) is 11.2 Å². The number of nitrogens with one attached hydrogen (secondary N) is 1. The van der Waals surface area contributed by atoms with E-state index in [2.05, 4.69) is 81.1 Å². The quantitative estimate of drug-likeness (QED) is 0.338. The van der Waals surface area contributed by atoms with Crippen molar-refractivity contribution in [3.63, 3.8) is 0 Å². The summed E-state index contributed by atoms with van der Waals surface area (Å²) in [5, 5.41) is 11.3. The van der Waals surface area contributed by atoms with Crippen LogP contribution in [0, 0.1) is 17.8 Å². The van der Waals surface area contributed by atoms with Gasteiger partial charge in [0.2, 0.25) is 5.65 Å². The summed E-state index contributed by atoms with van der Waals surface area (Å²) in [6.07, 6.45) is 9.20. The molecular weight excluding hydrogens is 418 g/mol. The summed E-state index contributed by atoms with van der Waals surface area (Å²) < 4.78 is 0. The van der Waals surface area contributed by atoms with E-state index in [0.29, 0.717) is 11.5 Å². The van der Waals surface area contributed by atoms with Crippen LogP contribution < -0.4 is 5.73 Å². The zero-order valence-electron chi connectivity index (χ0n) is 19.6. The van der Waals surface area contributed by atoms with E-state index < -0.39 is 0 Å². The number of nitrogen functional groups attached to an aromatic ring is 1. The maximum atomic E-state index is 6.15. The second-order valence-electron chi connectivity index (χ2n) is 10.4. The van der Waals surface area contributed by atoms with Gasteiger partial charge in [-0.2, -0.15) is 10.3 Å². The highest BCUT2D eigenvalue weighted by atomic mass is 15.3. The second kappa shape index (κ2) is 9.21. The zero-order valence-corrected chi connectivity index (χ0v) is 19.6. The number of nitrogens with two attached hydrogens (primary N) is 1. The molecule has 0 amide bonds. The topological polar surface area (TPSA) is 80.5 Å². The van der Waals surface area contributed by atoms with Crippen molar-refractivity contribution in [3.8, 4) is 0 Å². The number of benzene rings is 2. The van der Waals surface area contributed by atoms with Crippen LogP contribution in [0.15, 0.2) is 66.7 Å². The summed E-state index contributed by atoms with van der Waals surface area (Å²) >= 11 is 0. The van der Waals surface area contributed by atoms with Crippen LogP contribution in [-0.4, -0.2) is 20.4 Å². The first kappa shape index (κ1) is 21.3. The van der Waals surface area contributed by atoms with Gasteiger partial charge < -0.3 is 5.73 Å². The minimum Gasteiger partial charge on any atom is -0.384 e. The van der Waals surface area contributed by atoms with Gasteiger partial charge in [0.1, 0.15) is 11.3 Å². The van der Waals surface area contributed by atoms with Crippen molar-refractivity contribution < 1.29 is 0 Å². The molecule has 2 aliphatic rings. The van der Waals surface area contributed by atoms with Crippen molar-refractivity contribution in [1.29, 1.82) is 0 Å². The van der Waals surface area contributed by atoms with Crippen molar-refractivity contribution >= 4 is 17.0 Å². The molecule has 0 aliphatic heterocycles. The fourth-order valence-electron chi connectivity index (χ4n) is 7.05. The van der Waals surface area contributed by atoms with Crippen LogP contribution in [0.5, 0.6) is 0 Å². The predicted molar refractivity (Wildman–Crippen MR) is 136 cm³/mol. The maximum absolute atomic E-state index is 6.15. The summed E-state index contributed by atoms with van der Waals surface area (Å²) in [5.41, 5.74) is 11.6. The Kier molecular flexibility index (Phi) is 5.78. The highest BCUT2D eigenvalue weighted by Gasteiger charge is 2.42. The third-order valence-corrected chi connectivity index (χ3v) is 8.40. The smallest absolute Gasteiger partial charge is 0.203 e. The van der Waals surface area contributed by atoms with Gasteiger partial charge in [-0.1, -0.05) is 73.5 Å². The molecular formula is C29H33N5. The Hall–Kier alpha value is -3.21. The summed E-state index contributed by atoms with van der Waals surface area (Å²) in [6, 6.07) is 24.0. The molecule has 3 atom stereocenters. The summed E-state index contributed by atoms with van der Waals surface area (Å²) in [4.78, 5) is 4.35. The first-order valence-electron chi connectivity index (χ1n) is 12.8. The SMILES string of the molecule is Nc1cc(C(CCCC2CC3CCC(C2)C3c2ccccc2)c2ccccc2)c2n[nH]nc2n1. The summed E-state index contributed by atoms with van der Waals surface area (Å²) in [5.74, 6) is 4.12. The number of aromatic amines is 1. The molecule has 2 fully saturated rings. The Morgan fingerprint density at radius 3 is 2.35 bits per heavy atom. The first-order valence-corrected chi connectivity index (χ1v) is 12.8. The number of nitrogens with zero attached hydrogens (tertiary/aromatic N) is 3. The summed E-state index contributed by atoms with van der Waals surface area (Å²) in [7, 11) is 0. The molecule has 2 saturated carbocycles. The normalized spacial score (nSPS) is 24.9. The average molecular weight is 452 g/mol. The molecule has 2 aliphatic carbocycles. The second-order valence-corrected chi connectivity index (χ2v) is 10.4. The van der Waals surface area contributed by atoms with Crippen molar-refractivity contribution in [2.75, 3.05) is 5.73 Å². The van der Waals surface area contributed by atoms with Gasteiger partial charge in [0.15, 0.2) is 0 Å². The molecule has 0 spiro atoms. The van der Waals surface area contributed by atoms with E-state index in [1.54, 1.807) is 5.56 Å². The molecule has 3 unspecified atom stereocenters. The number of H-pyrrole nitrogens is 1. The van der Waals surface area contributed by atoms with Crippen LogP contribution in [-0.2, 0) is 0 Å². The largest absolute Gasteiger partial charge is 0.384 e. The standard InChI is InChI=1S/C29H33N5/c30-26-18-25(28-29(31-26)33-34-32-28)24(20-9-3-1-4-10-20)13-7-8-19-16-22-14-15-23(17-19)27(22)21-11-5-2-6-12-21/h1-6,9-12,18-19,22-24,27H,7-8,13-17H2,(H3,30,31,32,33,34). The van der Waals surface area contributed by atoms with Crippen LogP contribution >= 0.6 is 0 Å². The Morgan fingerprint density at radius 2 is 1.62 bits per heavy atom. The molecule has 3 N–H and O–H groups in total. The van der Waals surface area contributed by atoms with Gasteiger partial charge in [-0.3, -0.25) is 0 Å². The fraction of sp³-hybridized carbons (Fsp3) is 0.414. The van der Waals surface area contributed by atoms with Gasteiger partial charge in [-0.05, 0) is 78.5 Å². The number of pyridine rings is 1. The van der Waals surface area contributed by atoms with E-state index in [9.17, 15) is 0 Å². The number of anilines is 1. The van der Waals surface area contributed by atoms with E-state index in [0.717, 1.165) is 41.2 Å². The van der Waals surface area contributed by atoms with Gasteiger partial charge >= 0.3 is 0 Å². The third kappa shape index (κ3) is 4.08. The maximum Gasteiger partial charge on any atom is 0.203 e.